The van der Waals surface area contributed by atoms with Gasteiger partial charge in [-0.15, -0.1) is 0 Å². The van der Waals surface area contributed by atoms with E-state index in [1.54, 1.807) is 20.8 Å². The largest absolute Gasteiger partial charge is 0.463 e. The Morgan fingerprint density at radius 2 is 1.58 bits per heavy atom. The van der Waals surface area contributed by atoms with E-state index in [2.05, 4.69) is 0 Å². The summed E-state index contributed by atoms with van der Waals surface area (Å²) < 4.78 is 15.7. The second-order valence-corrected chi connectivity index (χ2v) is 5.13. The van der Waals surface area contributed by atoms with Gasteiger partial charge in [-0.1, -0.05) is 30.3 Å². The lowest BCUT2D eigenvalue weighted by atomic mass is 9.82. The number of benzene rings is 1. The van der Waals surface area contributed by atoms with Gasteiger partial charge in [-0.25, -0.2) is 9.59 Å². The van der Waals surface area contributed by atoms with E-state index in [1.807, 2.05) is 30.3 Å². The molecule has 6 nitrogen and oxygen atoms in total. The van der Waals surface area contributed by atoms with Gasteiger partial charge in [0.1, 0.15) is 11.3 Å². The molecule has 6 heteroatoms. The number of nitrogens with two attached hydrogens (primary N) is 1. The second-order valence-electron chi connectivity index (χ2n) is 5.13. The summed E-state index contributed by atoms with van der Waals surface area (Å²) in [5.41, 5.74) is 7.02. The van der Waals surface area contributed by atoms with Crippen LogP contribution in [0.25, 0.3) is 0 Å². The molecule has 1 aromatic carbocycles. The summed E-state index contributed by atoms with van der Waals surface area (Å²) >= 11 is 0. The molecule has 1 aliphatic heterocycles. The van der Waals surface area contributed by atoms with Gasteiger partial charge >= 0.3 is 11.9 Å². The number of hydrogen-bond acceptors (Lipinski definition) is 6. The molecule has 0 amide bonds. The highest BCUT2D eigenvalue weighted by Gasteiger charge is 2.39. The molecule has 1 aromatic rings. The van der Waals surface area contributed by atoms with E-state index in [0.29, 0.717) is 5.76 Å². The van der Waals surface area contributed by atoms with Crippen LogP contribution in [0.3, 0.4) is 0 Å². The van der Waals surface area contributed by atoms with Crippen LogP contribution in [0.4, 0.5) is 0 Å². The Balaban J connectivity index is 2.59. The van der Waals surface area contributed by atoms with Crippen molar-refractivity contribution in [2.45, 2.75) is 26.7 Å². The number of esters is 2. The lowest BCUT2D eigenvalue weighted by Gasteiger charge is -2.28. The molecule has 0 aromatic heterocycles. The summed E-state index contributed by atoms with van der Waals surface area (Å²) in [6.07, 6.45) is 0. The van der Waals surface area contributed by atoms with Crippen molar-refractivity contribution in [3.8, 4) is 0 Å². The maximum atomic E-state index is 12.4. The smallest absolute Gasteiger partial charge is 0.340 e. The minimum atomic E-state index is -0.696. The highest BCUT2D eigenvalue weighted by Crippen LogP contribution is 2.40. The third-order valence-electron chi connectivity index (χ3n) is 3.61. The van der Waals surface area contributed by atoms with E-state index in [4.69, 9.17) is 19.9 Å². The maximum Gasteiger partial charge on any atom is 0.340 e. The van der Waals surface area contributed by atoms with Crippen molar-refractivity contribution in [1.29, 1.82) is 0 Å². The van der Waals surface area contributed by atoms with Crippen LogP contribution in [0.1, 0.15) is 32.3 Å². The second kappa shape index (κ2) is 7.68. The lowest BCUT2D eigenvalue weighted by molar-refractivity contribution is -0.140. The quantitative estimate of drug-likeness (QED) is 0.834. The third kappa shape index (κ3) is 3.42. The van der Waals surface area contributed by atoms with E-state index in [-0.39, 0.29) is 30.2 Å². The number of carbonyl (C=O) groups excluding carboxylic acids is 2. The van der Waals surface area contributed by atoms with Crippen LogP contribution in [0.15, 0.2) is 53.1 Å². The average Bonchev–Trinajstić information content (AvgIpc) is 2.55. The first-order valence-electron chi connectivity index (χ1n) is 7.78. The van der Waals surface area contributed by atoms with Gasteiger partial charge < -0.3 is 19.9 Å². The molecule has 0 saturated carbocycles. The molecule has 1 aliphatic rings. The molecule has 0 fully saturated rings. The van der Waals surface area contributed by atoms with Gasteiger partial charge in [-0.2, -0.15) is 0 Å². The first-order valence-corrected chi connectivity index (χ1v) is 7.78. The SMILES string of the molecule is CCOC(=O)C1=C(C)OC(N)=C(C(=O)OCC)C1c1ccccc1. The summed E-state index contributed by atoms with van der Waals surface area (Å²) in [5, 5.41) is 0. The molecule has 0 aliphatic carbocycles. The van der Waals surface area contributed by atoms with E-state index in [1.165, 1.54) is 0 Å². The molecular formula is C18H21NO5. The molecule has 0 spiro atoms. The minimum absolute atomic E-state index is 0.0622. The summed E-state index contributed by atoms with van der Waals surface area (Å²) in [6, 6.07) is 9.12. The zero-order valence-electron chi connectivity index (χ0n) is 14.0. The van der Waals surface area contributed by atoms with Crippen LogP contribution < -0.4 is 5.73 Å². The van der Waals surface area contributed by atoms with Crippen LogP contribution in [0.2, 0.25) is 0 Å². The molecule has 2 N–H and O–H groups in total. The maximum absolute atomic E-state index is 12.4. The van der Waals surface area contributed by atoms with Gasteiger partial charge in [0.05, 0.1) is 24.7 Å². The van der Waals surface area contributed by atoms with Crippen molar-refractivity contribution in [3.63, 3.8) is 0 Å². The summed E-state index contributed by atoms with van der Waals surface area (Å²) in [4.78, 5) is 24.9. The standard InChI is InChI=1S/C18H21NO5/c1-4-22-17(20)13-11(3)24-16(19)15(18(21)23-5-2)14(13)12-9-7-6-8-10-12/h6-10,14H,4-5,19H2,1-3H3. The van der Waals surface area contributed by atoms with Gasteiger partial charge in [0.2, 0.25) is 5.88 Å². The van der Waals surface area contributed by atoms with E-state index < -0.39 is 17.9 Å². The molecule has 1 atom stereocenters. The predicted octanol–water partition coefficient (Wildman–Crippen LogP) is 2.37. The topological polar surface area (TPSA) is 87.9 Å². The van der Waals surface area contributed by atoms with Gasteiger partial charge in [0, 0.05) is 0 Å². The highest BCUT2D eigenvalue weighted by atomic mass is 16.5. The van der Waals surface area contributed by atoms with Crippen molar-refractivity contribution in [2.24, 2.45) is 5.73 Å². The average molecular weight is 331 g/mol. The van der Waals surface area contributed by atoms with Gasteiger partial charge in [-0.3, -0.25) is 0 Å². The van der Waals surface area contributed by atoms with Gasteiger partial charge in [-0.05, 0) is 26.3 Å². The Morgan fingerprint density at radius 3 is 2.12 bits per heavy atom. The lowest BCUT2D eigenvalue weighted by Crippen LogP contribution is -2.30. The Morgan fingerprint density at radius 1 is 1.04 bits per heavy atom. The fourth-order valence-electron chi connectivity index (χ4n) is 2.64. The summed E-state index contributed by atoms with van der Waals surface area (Å²) in [5.74, 6) is -1.60. The fourth-order valence-corrected chi connectivity index (χ4v) is 2.64. The first kappa shape index (κ1) is 17.6. The molecule has 24 heavy (non-hydrogen) atoms. The van der Waals surface area contributed by atoms with Crippen molar-refractivity contribution in [1.82, 2.24) is 0 Å². The summed E-state index contributed by atoms with van der Waals surface area (Å²) in [7, 11) is 0. The molecular weight excluding hydrogens is 310 g/mol. The van der Waals surface area contributed by atoms with Crippen LogP contribution in [0, 0.1) is 0 Å². The summed E-state index contributed by atoms with van der Waals surface area (Å²) in [6.45, 7) is 5.44. The minimum Gasteiger partial charge on any atom is -0.463 e. The number of carbonyl (C=O) groups is 2. The molecule has 128 valence electrons. The third-order valence-corrected chi connectivity index (χ3v) is 3.61. The van der Waals surface area contributed by atoms with Crippen molar-refractivity contribution < 1.29 is 23.8 Å². The molecule has 0 radical (unpaired) electrons. The van der Waals surface area contributed by atoms with Gasteiger partial charge in [0.25, 0.3) is 0 Å². The van der Waals surface area contributed by atoms with Crippen molar-refractivity contribution >= 4 is 11.9 Å². The Hall–Kier alpha value is -2.76. The number of hydrogen-bond donors (Lipinski definition) is 1. The molecule has 0 saturated heterocycles. The molecule has 2 rings (SSSR count). The first-order chi connectivity index (χ1) is 11.5. The number of allylic oxidation sites excluding steroid dienone is 1. The molecule has 1 heterocycles. The zero-order chi connectivity index (χ0) is 17.7. The van der Waals surface area contributed by atoms with Crippen molar-refractivity contribution in [3.05, 3.63) is 58.7 Å². The van der Waals surface area contributed by atoms with Crippen molar-refractivity contribution in [2.75, 3.05) is 13.2 Å². The van der Waals surface area contributed by atoms with Crippen LogP contribution in [-0.2, 0) is 23.8 Å². The van der Waals surface area contributed by atoms with Crippen LogP contribution >= 0.6 is 0 Å². The van der Waals surface area contributed by atoms with E-state index >= 15 is 0 Å². The Labute approximate surface area is 140 Å². The van der Waals surface area contributed by atoms with E-state index in [0.717, 1.165) is 5.56 Å². The van der Waals surface area contributed by atoms with Gasteiger partial charge in [0.15, 0.2) is 0 Å². The Kier molecular flexibility index (Phi) is 5.63. The predicted molar refractivity (Wildman–Crippen MR) is 87.4 cm³/mol. The normalized spacial score (nSPS) is 17.4. The number of ether oxygens (including phenoxy) is 3. The fraction of sp³-hybridized carbons (Fsp3) is 0.333. The molecule has 0 bridgehead atoms. The van der Waals surface area contributed by atoms with Crippen LogP contribution in [0.5, 0.6) is 0 Å². The molecule has 1 unspecified atom stereocenters. The zero-order valence-corrected chi connectivity index (χ0v) is 14.0. The van der Waals surface area contributed by atoms with Crippen LogP contribution in [-0.4, -0.2) is 25.2 Å². The monoisotopic (exact) mass is 331 g/mol. The Bertz CT molecular complexity index is 651. The van der Waals surface area contributed by atoms with E-state index in [9.17, 15) is 9.59 Å². The number of rotatable bonds is 5. The highest BCUT2D eigenvalue weighted by molar-refractivity contribution is 5.99.